The van der Waals surface area contributed by atoms with Crippen LogP contribution in [0.25, 0.3) is 10.9 Å². The number of rotatable bonds is 1. The number of halogens is 1. The van der Waals surface area contributed by atoms with Crippen molar-refractivity contribution in [2.24, 2.45) is 7.05 Å². The highest BCUT2D eigenvalue weighted by molar-refractivity contribution is 7.98. The smallest absolute Gasteiger partial charge is 0.210 e. The number of hydrogen-bond acceptors (Lipinski definition) is 2. The Labute approximate surface area is 105 Å². The number of fused-ring (bicyclic) bond motifs is 1. The van der Waals surface area contributed by atoms with Gasteiger partial charge in [-0.15, -0.1) is 11.8 Å². The van der Waals surface area contributed by atoms with Gasteiger partial charge < -0.3 is 24.0 Å². The van der Waals surface area contributed by atoms with E-state index < -0.39 is 0 Å². The predicted octanol–water partition coefficient (Wildman–Crippen LogP) is -1.21. The van der Waals surface area contributed by atoms with Crippen LogP contribution >= 0.6 is 11.8 Å². The molecule has 1 aromatic carbocycles. The minimum atomic E-state index is 0. The Kier molecular flexibility index (Phi) is 4.12. The van der Waals surface area contributed by atoms with Gasteiger partial charge in [0.25, 0.3) is 0 Å². The van der Waals surface area contributed by atoms with Crippen molar-refractivity contribution in [2.75, 3.05) is 6.26 Å². The van der Waals surface area contributed by atoms with E-state index in [9.17, 15) is 0 Å². The molecule has 0 spiro atoms. The highest BCUT2D eigenvalue weighted by Gasteiger charge is 2.06. The van der Waals surface area contributed by atoms with Crippen molar-refractivity contribution >= 4 is 22.7 Å². The second-order valence-electron chi connectivity index (χ2n) is 2.89. The molecule has 0 aliphatic heterocycles. The predicted molar refractivity (Wildman–Crippen MR) is 54.7 cm³/mol. The second kappa shape index (κ2) is 4.93. The van der Waals surface area contributed by atoms with E-state index >= 15 is 0 Å². The first-order chi connectivity index (χ1) is 6.31. The summed E-state index contributed by atoms with van der Waals surface area (Å²) in [5.74, 6) is 0. The molecule has 2 nitrogen and oxygen atoms in total. The van der Waals surface area contributed by atoms with Crippen LogP contribution in [-0.2, 0) is 7.05 Å². The standard InChI is InChI=1S/C10H11N2S.HI/c1-12-7-10(13-2)8-5-3-4-6-9(8)11-12;/h3-7H,1-2H3;1H/q+1;/p-1. The fourth-order valence-electron chi connectivity index (χ4n) is 1.37. The van der Waals surface area contributed by atoms with Gasteiger partial charge in [-0.05, 0) is 17.4 Å². The van der Waals surface area contributed by atoms with Crippen LogP contribution in [0.4, 0.5) is 0 Å². The lowest BCUT2D eigenvalue weighted by atomic mass is 10.2. The van der Waals surface area contributed by atoms with Crippen LogP contribution in [0.1, 0.15) is 0 Å². The number of nitrogens with zero attached hydrogens (tertiary/aromatic N) is 2. The number of hydrogen-bond donors (Lipinski definition) is 0. The first-order valence-corrected chi connectivity index (χ1v) is 5.33. The Morgan fingerprint density at radius 3 is 2.71 bits per heavy atom. The van der Waals surface area contributed by atoms with Crippen molar-refractivity contribution < 1.29 is 28.7 Å². The third-order valence-electron chi connectivity index (χ3n) is 1.96. The molecule has 0 fully saturated rings. The van der Waals surface area contributed by atoms with Gasteiger partial charge in [0.05, 0.1) is 4.90 Å². The SMILES string of the molecule is CSc1c[n+](C)nc2ccccc12.[I-]. The summed E-state index contributed by atoms with van der Waals surface area (Å²) in [4.78, 5) is 1.27. The molecule has 0 saturated heterocycles. The Bertz CT molecular complexity index is 445. The number of aryl methyl sites for hydroxylation is 1. The zero-order valence-electron chi connectivity index (χ0n) is 8.07. The van der Waals surface area contributed by atoms with E-state index in [0.29, 0.717) is 0 Å². The summed E-state index contributed by atoms with van der Waals surface area (Å²) < 4.78 is 1.86. The highest BCUT2D eigenvalue weighted by Crippen LogP contribution is 2.22. The topological polar surface area (TPSA) is 16.8 Å². The quantitative estimate of drug-likeness (QED) is 0.373. The summed E-state index contributed by atoms with van der Waals surface area (Å²) in [5.41, 5.74) is 1.05. The van der Waals surface area contributed by atoms with Crippen molar-refractivity contribution in [3.05, 3.63) is 30.5 Å². The molecule has 74 valence electrons. The van der Waals surface area contributed by atoms with Crippen LogP contribution in [-0.4, -0.2) is 11.4 Å². The molecule has 0 unspecified atom stereocenters. The maximum absolute atomic E-state index is 4.39. The maximum atomic E-state index is 4.39. The maximum Gasteiger partial charge on any atom is 0.210 e. The molecule has 0 N–H and O–H groups in total. The van der Waals surface area contributed by atoms with E-state index in [1.54, 1.807) is 11.8 Å². The second-order valence-corrected chi connectivity index (χ2v) is 3.74. The molecule has 4 heteroatoms. The number of aromatic nitrogens is 2. The van der Waals surface area contributed by atoms with Gasteiger partial charge >= 0.3 is 0 Å². The first-order valence-electron chi connectivity index (χ1n) is 4.11. The molecule has 1 aromatic heterocycles. The summed E-state index contributed by atoms with van der Waals surface area (Å²) in [6, 6.07) is 8.20. The molecule has 0 saturated carbocycles. The van der Waals surface area contributed by atoms with Gasteiger partial charge in [0.2, 0.25) is 6.20 Å². The van der Waals surface area contributed by atoms with Gasteiger partial charge in [-0.3, -0.25) is 0 Å². The van der Waals surface area contributed by atoms with Crippen molar-refractivity contribution in [3.8, 4) is 0 Å². The Balaban J connectivity index is 0.000000980. The monoisotopic (exact) mass is 318 g/mol. The average molecular weight is 318 g/mol. The van der Waals surface area contributed by atoms with E-state index in [4.69, 9.17) is 0 Å². The minimum Gasteiger partial charge on any atom is -1.00 e. The molecule has 0 aliphatic carbocycles. The highest BCUT2D eigenvalue weighted by atomic mass is 127. The van der Waals surface area contributed by atoms with Crippen LogP contribution in [0.5, 0.6) is 0 Å². The normalized spacial score (nSPS) is 9.86. The molecule has 0 aliphatic rings. The largest absolute Gasteiger partial charge is 1.00 e. The van der Waals surface area contributed by atoms with E-state index in [0.717, 1.165) is 5.52 Å². The van der Waals surface area contributed by atoms with Crippen LogP contribution in [0, 0.1) is 0 Å². The third kappa shape index (κ3) is 2.17. The Morgan fingerprint density at radius 1 is 1.29 bits per heavy atom. The molecule has 0 radical (unpaired) electrons. The van der Waals surface area contributed by atoms with Gasteiger partial charge in [0.15, 0.2) is 7.05 Å². The van der Waals surface area contributed by atoms with Gasteiger partial charge in [-0.1, -0.05) is 22.9 Å². The molecule has 0 atom stereocenters. The fourth-order valence-corrected chi connectivity index (χ4v) is 2.02. The van der Waals surface area contributed by atoms with Crippen molar-refractivity contribution in [1.82, 2.24) is 5.10 Å². The summed E-state index contributed by atoms with van der Waals surface area (Å²) >= 11 is 1.75. The van der Waals surface area contributed by atoms with Crippen LogP contribution < -0.4 is 28.7 Å². The molecule has 0 bridgehead atoms. The molecule has 2 rings (SSSR count). The molecule has 1 heterocycles. The molecule has 2 aromatic rings. The number of thioether (sulfide) groups is 1. The lowest BCUT2D eigenvalue weighted by Gasteiger charge is -1.98. The van der Waals surface area contributed by atoms with Gasteiger partial charge in [-0.25, -0.2) is 0 Å². The van der Waals surface area contributed by atoms with E-state index in [-0.39, 0.29) is 24.0 Å². The lowest BCUT2D eigenvalue weighted by Crippen LogP contribution is -3.00. The van der Waals surface area contributed by atoms with Crippen LogP contribution in [0.15, 0.2) is 35.4 Å². The minimum absolute atomic E-state index is 0. The van der Waals surface area contributed by atoms with E-state index in [2.05, 4.69) is 17.4 Å². The first kappa shape index (κ1) is 11.7. The molecule has 14 heavy (non-hydrogen) atoms. The number of benzene rings is 1. The molecular formula is C10H11IN2S. The fraction of sp³-hybridized carbons (Fsp3) is 0.200. The average Bonchev–Trinajstić information content (AvgIpc) is 2.16. The Hall–Kier alpha value is -0.360. The van der Waals surface area contributed by atoms with Gasteiger partial charge in [-0.2, -0.15) is 0 Å². The van der Waals surface area contributed by atoms with Crippen molar-refractivity contribution in [3.63, 3.8) is 0 Å². The summed E-state index contributed by atoms with van der Waals surface area (Å²) in [6.45, 7) is 0. The molecule has 0 amide bonds. The van der Waals surface area contributed by atoms with Crippen molar-refractivity contribution in [2.45, 2.75) is 4.90 Å². The zero-order valence-corrected chi connectivity index (χ0v) is 11.0. The third-order valence-corrected chi connectivity index (χ3v) is 2.72. The van der Waals surface area contributed by atoms with E-state index in [1.165, 1.54) is 10.3 Å². The summed E-state index contributed by atoms with van der Waals surface area (Å²) in [6.07, 6.45) is 4.13. The van der Waals surface area contributed by atoms with Crippen LogP contribution in [0.2, 0.25) is 0 Å². The lowest BCUT2D eigenvalue weighted by molar-refractivity contribution is -0.730. The van der Waals surface area contributed by atoms with Gasteiger partial charge in [0, 0.05) is 5.39 Å². The van der Waals surface area contributed by atoms with Gasteiger partial charge in [0.1, 0.15) is 5.52 Å². The van der Waals surface area contributed by atoms with Crippen LogP contribution in [0.3, 0.4) is 0 Å². The Morgan fingerprint density at radius 2 is 2.00 bits per heavy atom. The summed E-state index contributed by atoms with van der Waals surface area (Å²) in [7, 11) is 1.95. The molecular weight excluding hydrogens is 307 g/mol. The van der Waals surface area contributed by atoms with Crippen molar-refractivity contribution in [1.29, 1.82) is 0 Å². The summed E-state index contributed by atoms with van der Waals surface area (Å²) in [5, 5.41) is 5.62. The zero-order chi connectivity index (χ0) is 9.26. The van der Waals surface area contributed by atoms with E-state index in [1.807, 2.05) is 36.1 Å².